The van der Waals surface area contributed by atoms with Gasteiger partial charge in [-0.15, -0.1) is 11.3 Å². The van der Waals surface area contributed by atoms with Gasteiger partial charge < -0.3 is 4.90 Å². The first-order valence-corrected chi connectivity index (χ1v) is 11.1. The molecule has 0 spiro atoms. The minimum atomic E-state index is 0.113. The van der Waals surface area contributed by atoms with E-state index in [1.54, 1.807) is 5.51 Å². The van der Waals surface area contributed by atoms with E-state index in [0.29, 0.717) is 0 Å². The molecule has 0 bridgehead atoms. The summed E-state index contributed by atoms with van der Waals surface area (Å²) in [5, 5.41) is 0. The van der Waals surface area contributed by atoms with E-state index < -0.39 is 0 Å². The molecule has 5 heteroatoms. The average molecular weight is 406 g/mol. The van der Waals surface area contributed by atoms with Crippen molar-refractivity contribution in [2.45, 2.75) is 46.0 Å². The highest BCUT2D eigenvalue weighted by Crippen LogP contribution is 2.29. The quantitative estimate of drug-likeness (QED) is 0.608. The molecule has 0 N–H and O–H groups in total. The summed E-state index contributed by atoms with van der Waals surface area (Å²) < 4.78 is 0. The molecule has 1 aliphatic heterocycles. The first kappa shape index (κ1) is 19.8. The number of carbonyl (C=O) groups excluding carboxylic acids is 1. The molecule has 150 valence electrons. The summed E-state index contributed by atoms with van der Waals surface area (Å²) in [6, 6.07) is 13.0. The van der Waals surface area contributed by atoms with Gasteiger partial charge in [0.25, 0.3) is 5.91 Å². The van der Waals surface area contributed by atoms with Gasteiger partial charge in [-0.05, 0) is 68.9 Å². The van der Waals surface area contributed by atoms with Crippen LogP contribution in [0.3, 0.4) is 0 Å². The monoisotopic (exact) mass is 405 g/mol. The molecule has 1 atom stereocenters. The largest absolute Gasteiger partial charge is 0.337 e. The molecule has 29 heavy (non-hydrogen) atoms. The number of amides is 1. The topological polar surface area (TPSA) is 46.1 Å². The van der Waals surface area contributed by atoms with Crippen LogP contribution in [-0.4, -0.2) is 33.9 Å². The van der Waals surface area contributed by atoms with Crippen LogP contribution in [0.15, 0.2) is 41.9 Å². The van der Waals surface area contributed by atoms with Gasteiger partial charge in [0, 0.05) is 30.4 Å². The van der Waals surface area contributed by atoms with E-state index in [1.165, 1.54) is 28.0 Å². The van der Waals surface area contributed by atoms with Crippen LogP contribution < -0.4 is 0 Å². The third-order valence-electron chi connectivity index (χ3n) is 5.76. The molecule has 0 aliphatic carbocycles. The zero-order chi connectivity index (χ0) is 20.4. The van der Waals surface area contributed by atoms with Gasteiger partial charge in [0.1, 0.15) is 4.88 Å². The average Bonchev–Trinajstić information content (AvgIpc) is 3.15. The number of nitrogens with zero attached hydrogens (tertiary/aromatic N) is 3. The van der Waals surface area contributed by atoms with Crippen molar-refractivity contribution in [2.24, 2.45) is 0 Å². The highest BCUT2D eigenvalue weighted by Gasteiger charge is 2.28. The number of benzene rings is 1. The third kappa shape index (κ3) is 4.40. The lowest BCUT2D eigenvalue weighted by molar-refractivity contribution is 0.0710. The minimum Gasteiger partial charge on any atom is -0.337 e. The summed E-state index contributed by atoms with van der Waals surface area (Å²) in [4.78, 5) is 24.8. The molecule has 4 nitrogen and oxygen atoms in total. The van der Waals surface area contributed by atoms with Crippen molar-refractivity contribution >= 4 is 17.2 Å². The fourth-order valence-electron chi connectivity index (χ4n) is 4.16. The number of aryl methyl sites for hydroxylation is 3. The summed E-state index contributed by atoms with van der Waals surface area (Å²) in [6.07, 6.45) is 3.00. The zero-order valence-corrected chi connectivity index (χ0v) is 18.1. The van der Waals surface area contributed by atoms with Crippen molar-refractivity contribution < 1.29 is 4.79 Å². The Morgan fingerprint density at radius 1 is 1.21 bits per heavy atom. The number of rotatable bonds is 4. The Morgan fingerprint density at radius 3 is 2.79 bits per heavy atom. The van der Waals surface area contributed by atoms with Crippen LogP contribution in [0.25, 0.3) is 0 Å². The van der Waals surface area contributed by atoms with Crippen molar-refractivity contribution in [1.82, 2.24) is 14.9 Å². The second kappa shape index (κ2) is 8.46. The minimum absolute atomic E-state index is 0.113. The van der Waals surface area contributed by atoms with E-state index in [1.807, 2.05) is 11.8 Å². The van der Waals surface area contributed by atoms with Crippen LogP contribution in [0, 0.1) is 20.8 Å². The Morgan fingerprint density at radius 2 is 2.03 bits per heavy atom. The predicted octanol–water partition coefficient (Wildman–Crippen LogP) is 5.07. The van der Waals surface area contributed by atoms with E-state index in [2.05, 4.69) is 55.2 Å². The van der Waals surface area contributed by atoms with Crippen LogP contribution in [0.1, 0.15) is 62.2 Å². The molecule has 1 aliphatic rings. The van der Waals surface area contributed by atoms with E-state index in [9.17, 15) is 4.79 Å². The normalized spacial score (nSPS) is 16.8. The van der Waals surface area contributed by atoms with Gasteiger partial charge in [-0.1, -0.05) is 24.3 Å². The van der Waals surface area contributed by atoms with Crippen LogP contribution in [-0.2, 0) is 6.42 Å². The Bertz CT molecular complexity index is 1030. The van der Waals surface area contributed by atoms with Gasteiger partial charge in [-0.25, -0.2) is 4.98 Å². The Kier molecular flexibility index (Phi) is 5.76. The molecule has 2 aromatic heterocycles. The summed E-state index contributed by atoms with van der Waals surface area (Å²) >= 11 is 1.44. The number of pyridine rings is 1. The van der Waals surface area contributed by atoms with Crippen LogP contribution >= 0.6 is 11.3 Å². The highest BCUT2D eigenvalue weighted by atomic mass is 32.1. The van der Waals surface area contributed by atoms with Crippen molar-refractivity contribution in [1.29, 1.82) is 0 Å². The molecule has 1 amide bonds. The van der Waals surface area contributed by atoms with E-state index in [0.717, 1.165) is 54.3 Å². The molecule has 3 heterocycles. The SMILES string of the molecule is Cc1cc(Cc2ccccc2C)cc([C@@H]2CCCN(C(=O)c3scnc3C)C2)n1. The molecule has 1 saturated heterocycles. The number of aromatic nitrogens is 2. The van der Waals surface area contributed by atoms with Gasteiger partial charge >= 0.3 is 0 Å². The maximum atomic E-state index is 12.9. The molecule has 0 radical (unpaired) electrons. The van der Waals surface area contributed by atoms with Gasteiger partial charge in [0.15, 0.2) is 0 Å². The van der Waals surface area contributed by atoms with Gasteiger partial charge in [0.2, 0.25) is 0 Å². The smallest absolute Gasteiger partial charge is 0.265 e. The zero-order valence-electron chi connectivity index (χ0n) is 17.3. The number of hydrogen-bond acceptors (Lipinski definition) is 4. The summed E-state index contributed by atoms with van der Waals surface area (Å²) in [6.45, 7) is 7.68. The molecule has 1 fully saturated rings. The van der Waals surface area contributed by atoms with Gasteiger partial charge in [-0.3, -0.25) is 9.78 Å². The molecule has 1 aromatic carbocycles. The molecule has 0 unspecified atom stereocenters. The molecule has 3 aromatic rings. The first-order valence-electron chi connectivity index (χ1n) is 10.2. The van der Waals surface area contributed by atoms with E-state index in [4.69, 9.17) is 4.98 Å². The summed E-state index contributed by atoms with van der Waals surface area (Å²) in [5.41, 5.74) is 8.71. The van der Waals surface area contributed by atoms with Crippen molar-refractivity contribution in [2.75, 3.05) is 13.1 Å². The number of hydrogen-bond donors (Lipinski definition) is 0. The standard InChI is InChI=1S/C24H27N3OS/c1-16-7-4-5-8-20(16)12-19-11-17(2)26-22(13-19)21-9-6-10-27(14-21)24(28)23-18(3)25-15-29-23/h4-5,7-8,11,13,15,21H,6,9-10,12,14H2,1-3H3/t21-/m1/s1. The van der Waals surface area contributed by atoms with Crippen LogP contribution in [0.4, 0.5) is 0 Å². The lowest BCUT2D eigenvalue weighted by atomic mass is 9.91. The Hall–Kier alpha value is -2.53. The molecular formula is C24H27N3OS. The Balaban J connectivity index is 1.54. The maximum absolute atomic E-state index is 12.9. The molecule has 4 rings (SSSR count). The van der Waals surface area contributed by atoms with E-state index in [-0.39, 0.29) is 11.8 Å². The second-order valence-corrected chi connectivity index (χ2v) is 8.86. The van der Waals surface area contributed by atoms with Crippen molar-refractivity contribution in [3.63, 3.8) is 0 Å². The first-order chi connectivity index (χ1) is 14.0. The fraction of sp³-hybridized carbons (Fsp3) is 0.375. The summed E-state index contributed by atoms with van der Waals surface area (Å²) in [5.74, 6) is 0.402. The second-order valence-electron chi connectivity index (χ2n) is 8.00. The summed E-state index contributed by atoms with van der Waals surface area (Å²) in [7, 11) is 0. The predicted molar refractivity (Wildman–Crippen MR) is 118 cm³/mol. The lowest BCUT2D eigenvalue weighted by Crippen LogP contribution is -2.39. The van der Waals surface area contributed by atoms with Crippen LogP contribution in [0.5, 0.6) is 0 Å². The molecule has 0 saturated carbocycles. The highest BCUT2D eigenvalue weighted by molar-refractivity contribution is 7.11. The Labute approximate surface area is 176 Å². The third-order valence-corrected chi connectivity index (χ3v) is 6.67. The van der Waals surface area contributed by atoms with Crippen molar-refractivity contribution in [3.8, 4) is 0 Å². The number of piperidine rings is 1. The number of thiazole rings is 1. The van der Waals surface area contributed by atoms with Gasteiger partial charge in [0.05, 0.1) is 11.2 Å². The maximum Gasteiger partial charge on any atom is 0.265 e. The molecular weight excluding hydrogens is 378 g/mol. The number of carbonyl (C=O) groups is 1. The number of likely N-dealkylation sites (tertiary alicyclic amines) is 1. The van der Waals surface area contributed by atoms with Crippen molar-refractivity contribution in [3.05, 3.63) is 80.6 Å². The van der Waals surface area contributed by atoms with Crippen LogP contribution in [0.2, 0.25) is 0 Å². The fourth-order valence-corrected chi connectivity index (χ4v) is 4.93. The van der Waals surface area contributed by atoms with Gasteiger partial charge in [-0.2, -0.15) is 0 Å². The lowest BCUT2D eigenvalue weighted by Gasteiger charge is -2.32. The van der Waals surface area contributed by atoms with E-state index >= 15 is 0 Å².